The summed E-state index contributed by atoms with van der Waals surface area (Å²) in [4.78, 5) is 14.5. The third-order valence-corrected chi connectivity index (χ3v) is 3.59. The SMILES string of the molecule is C[C@@H]1Cc2ccccc2N1C(=O)c1cccn1C. The van der Waals surface area contributed by atoms with Gasteiger partial charge < -0.3 is 9.47 Å². The van der Waals surface area contributed by atoms with Crippen molar-refractivity contribution < 1.29 is 4.79 Å². The highest BCUT2D eigenvalue weighted by Crippen LogP contribution is 2.32. The van der Waals surface area contributed by atoms with Gasteiger partial charge in [0.25, 0.3) is 5.91 Å². The average Bonchev–Trinajstić information content (AvgIpc) is 2.91. The first-order chi connectivity index (χ1) is 8.68. The number of anilines is 1. The minimum Gasteiger partial charge on any atom is -0.347 e. The Hall–Kier alpha value is -2.03. The van der Waals surface area contributed by atoms with E-state index < -0.39 is 0 Å². The summed E-state index contributed by atoms with van der Waals surface area (Å²) >= 11 is 0. The van der Waals surface area contributed by atoms with Gasteiger partial charge in [0, 0.05) is 25.0 Å². The molecule has 0 spiro atoms. The topological polar surface area (TPSA) is 25.2 Å². The maximum absolute atomic E-state index is 12.6. The molecule has 0 N–H and O–H groups in total. The predicted molar refractivity (Wildman–Crippen MR) is 71.8 cm³/mol. The number of fused-ring (bicyclic) bond motifs is 1. The summed E-state index contributed by atoms with van der Waals surface area (Å²) < 4.78 is 1.87. The number of amides is 1. The van der Waals surface area contributed by atoms with Crippen LogP contribution in [0.5, 0.6) is 0 Å². The minimum absolute atomic E-state index is 0.0833. The lowest BCUT2D eigenvalue weighted by atomic mass is 10.1. The van der Waals surface area contributed by atoms with Gasteiger partial charge in [0.15, 0.2) is 0 Å². The van der Waals surface area contributed by atoms with Crippen molar-refractivity contribution in [3.05, 3.63) is 53.9 Å². The molecule has 1 aliphatic rings. The zero-order valence-corrected chi connectivity index (χ0v) is 10.6. The molecule has 0 radical (unpaired) electrons. The van der Waals surface area contributed by atoms with Crippen LogP contribution in [0, 0.1) is 0 Å². The van der Waals surface area contributed by atoms with Crippen molar-refractivity contribution >= 4 is 11.6 Å². The third kappa shape index (κ3) is 1.55. The van der Waals surface area contributed by atoms with Crippen LogP contribution in [-0.4, -0.2) is 16.5 Å². The second kappa shape index (κ2) is 4.02. The fraction of sp³-hybridized carbons (Fsp3) is 0.267. The monoisotopic (exact) mass is 240 g/mol. The molecule has 0 aliphatic carbocycles. The molecule has 3 nitrogen and oxygen atoms in total. The van der Waals surface area contributed by atoms with Crippen molar-refractivity contribution in [2.75, 3.05) is 4.90 Å². The number of hydrogen-bond acceptors (Lipinski definition) is 1. The standard InChI is InChI=1S/C15H16N2O/c1-11-10-12-6-3-4-7-13(12)17(11)15(18)14-8-5-9-16(14)2/h3-9,11H,10H2,1-2H3/t11-/m1/s1. The van der Waals surface area contributed by atoms with E-state index in [0.717, 1.165) is 17.8 Å². The first kappa shape index (κ1) is 11.1. The summed E-state index contributed by atoms with van der Waals surface area (Å²) in [6, 6.07) is 12.1. The van der Waals surface area contributed by atoms with Crippen molar-refractivity contribution in [3.63, 3.8) is 0 Å². The zero-order chi connectivity index (χ0) is 12.7. The number of benzene rings is 1. The van der Waals surface area contributed by atoms with Crippen LogP contribution in [0.1, 0.15) is 23.0 Å². The van der Waals surface area contributed by atoms with E-state index in [1.165, 1.54) is 5.56 Å². The van der Waals surface area contributed by atoms with Crippen LogP contribution in [0.3, 0.4) is 0 Å². The Morgan fingerprint density at radius 1 is 1.22 bits per heavy atom. The minimum atomic E-state index is 0.0833. The van der Waals surface area contributed by atoms with Crippen LogP contribution in [0.2, 0.25) is 0 Å². The Morgan fingerprint density at radius 3 is 2.72 bits per heavy atom. The van der Waals surface area contributed by atoms with Crippen molar-refractivity contribution in [2.45, 2.75) is 19.4 Å². The molecule has 1 amide bonds. The number of nitrogens with zero attached hydrogens (tertiary/aromatic N) is 2. The summed E-state index contributed by atoms with van der Waals surface area (Å²) in [5, 5.41) is 0. The van der Waals surface area contributed by atoms with Crippen LogP contribution in [0.15, 0.2) is 42.6 Å². The molecule has 92 valence electrons. The molecular formula is C15H16N2O. The van der Waals surface area contributed by atoms with Crippen LogP contribution >= 0.6 is 0 Å². The summed E-state index contributed by atoms with van der Waals surface area (Å²) in [7, 11) is 1.90. The van der Waals surface area contributed by atoms with Gasteiger partial charge in [-0.3, -0.25) is 4.79 Å². The molecule has 1 aromatic heterocycles. The molecule has 3 heteroatoms. The number of hydrogen-bond donors (Lipinski definition) is 0. The van der Waals surface area contributed by atoms with Crippen LogP contribution < -0.4 is 4.90 Å². The van der Waals surface area contributed by atoms with E-state index in [1.807, 2.05) is 53.0 Å². The summed E-state index contributed by atoms with van der Waals surface area (Å²) in [6.07, 6.45) is 2.84. The van der Waals surface area contributed by atoms with Crippen molar-refractivity contribution in [2.24, 2.45) is 7.05 Å². The van der Waals surface area contributed by atoms with E-state index in [0.29, 0.717) is 0 Å². The highest BCUT2D eigenvalue weighted by atomic mass is 16.2. The lowest BCUT2D eigenvalue weighted by Crippen LogP contribution is -2.36. The van der Waals surface area contributed by atoms with Gasteiger partial charge in [-0.05, 0) is 37.1 Å². The molecule has 18 heavy (non-hydrogen) atoms. The molecule has 2 heterocycles. The predicted octanol–water partition coefficient (Wildman–Crippen LogP) is 2.62. The fourth-order valence-corrected chi connectivity index (χ4v) is 2.68. The second-order valence-corrected chi connectivity index (χ2v) is 4.86. The van der Waals surface area contributed by atoms with Crippen molar-refractivity contribution in [3.8, 4) is 0 Å². The zero-order valence-electron chi connectivity index (χ0n) is 10.6. The summed E-state index contributed by atoms with van der Waals surface area (Å²) in [6.45, 7) is 2.10. The molecule has 0 saturated carbocycles. The Balaban J connectivity index is 2.03. The van der Waals surface area contributed by atoms with Gasteiger partial charge >= 0.3 is 0 Å². The molecule has 0 saturated heterocycles. The maximum atomic E-state index is 12.6. The van der Waals surface area contributed by atoms with Crippen molar-refractivity contribution in [1.82, 2.24) is 4.57 Å². The molecule has 0 unspecified atom stereocenters. The van der Waals surface area contributed by atoms with E-state index in [-0.39, 0.29) is 11.9 Å². The van der Waals surface area contributed by atoms with Crippen molar-refractivity contribution in [1.29, 1.82) is 0 Å². The molecule has 0 fully saturated rings. The number of carbonyl (C=O) groups excluding carboxylic acids is 1. The van der Waals surface area contributed by atoms with Gasteiger partial charge in [0.1, 0.15) is 5.69 Å². The van der Waals surface area contributed by atoms with Crippen LogP contribution in [0.25, 0.3) is 0 Å². The highest BCUT2D eigenvalue weighted by molar-refractivity contribution is 6.06. The van der Waals surface area contributed by atoms with Crippen LogP contribution in [0.4, 0.5) is 5.69 Å². The number of carbonyl (C=O) groups is 1. The Morgan fingerprint density at radius 2 is 2.00 bits per heavy atom. The lowest BCUT2D eigenvalue weighted by Gasteiger charge is -2.22. The van der Waals surface area contributed by atoms with Gasteiger partial charge in [0.05, 0.1) is 0 Å². The molecular weight excluding hydrogens is 224 g/mol. The van der Waals surface area contributed by atoms with E-state index in [4.69, 9.17) is 0 Å². The largest absolute Gasteiger partial charge is 0.347 e. The van der Waals surface area contributed by atoms with Gasteiger partial charge in [0.2, 0.25) is 0 Å². The number of para-hydroxylation sites is 1. The van der Waals surface area contributed by atoms with Gasteiger partial charge in [-0.2, -0.15) is 0 Å². The number of rotatable bonds is 1. The Bertz CT molecular complexity index is 600. The highest BCUT2D eigenvalue weighted by Gasteiger charge is 2.31. The van der Waals surface area contributed by atoms with E-state index in [2.05, 4.69) is 13.0 Å². The fourth-order valence-electron chi connectivity index (χ4n) is 2.68. The van der Waals surface area contributed by atoms with E-state index in [9.17, 15) is 4.79 Å². The summed E-state index contributed by atoms with van der Waals surface area (Å²) in [5.74, 6) is 0.0833. The molecule has 1 aliphatic heterocycles. The normalized spacial score (nSPS) is 17.9. The molecule has 1 aromatic carbocycles. The molecule has 0 bridgehead atoms. The number of aromatic nitrogens is 1. The molecule has 1 atom stereocenters. The lowest BCUT2D eigenvalue weighted by molar-refractivity contribution is 0.0973. The van der Waals surface area contributed by atoms with E-state index >= 15 is 0 Å². The summed E-state index contributed by atoms with van der Waals surface area (Å²) in [5.41, 5.74) is 3.04. The third-order valence-electron chi connectivity index (χ3n) is 3.59. The van der Waals surface area contributed by atoms with Crippen LogP contribution in [-0.2, 0) is 13.5 Å². The Labute approximate surface area is 107 Å². The molecule has 2 aromatic rings. The average molecular weight is 240 g/mol. The second-order valence-electron chi connectivity index (χ2n) is 4.86. The van der Waals surface area contributed by atoms with E-state index in [1.54, 1.807) is 0 Å². The van der Waals surface area contributed by atoms with Gasteiger partial charge in [-0.1, -0.05) is 18.2 Å². The van der Waals surface area contributed by atoms with Gasteiger partial charge in [-0.25, -0.2) is 0 Å². The molecule has 3 rings (SSSR count). The smallest absolute Gasteiger partial charge is 0.275 e. The number of aryl methyl sites for hydroxylation is 1. The first-order valence-electron chi connectivity index (χ1n) is 6.21. The quantitative estimate of drug-likeness (QED) is 0.752. The first-order valence-corrected chi connectivity index (χ1v) is 6.21. The maximum Gasteiger partial charge on any atom is 0.275 e. The Kier molecular flexibility index (Phi) is 2.47. The van der Waals surface area contributed by atoms with Gasteiger partial charge in [-0.15, -0.1) is 0 Å².